The summed E-state index contributed by atoms with van der Waals surface area (Å²) in [6.45, 7) is 7.04. The minimum atomic E-state index is -0.265. The van der Waals surface area contributed by atoms with Crippen LogP contribution in [0.3, 0.4) is 0 Å². The van der Waals surface area contributed by atoms with Gasteiger partial charge in [0.15, 0.2) is 11.5 Å². The lowest BCUT2D eigenvalue weighted by Crippen LogP contribution is -2.19. The van der Waals surface area contributed by atoms with Gasteiger partial charge in [0.25, 0.3) is 5.56 Å². The molecule has 0 aliphatic rings. The Kier molecular flexibility index (Phi) is 6.62. The largest absolute Gasteiger partial charge is 0.490 e. The number of unbranched alkanes of at least 4 members (excludes halogenated alkanes) is 1. The van der Waals surface area contributed by atoms with Crippen LogP contribution in [0, 0.1) is 6.92 Å². The summed E-state index contributed by atoms with van der Waals surface area (Å²) in [5.41, 5.74) is 7.19. The van der Waals surface area contributed by atoms with Gasteiger partial charge < -0.3 is 15.2 Å². The normalized spacial score (nSPS) is 11.0. The third kappa shape index (κ3) is 5.11. The number of hydrogen-bond donors (Lipinski definition) is 1. The molecule has 1 heterocycles. The van der Waals surface area contributed by atoms with Gasteiger partial charge in [-0.3, -0.25) is 4.79 Å². The average molecular weight is 343 g/mol. The van der Waals surface area contributed by atoms with Gasteiger partial charge in [-0.05, 0) is 55.7 Å². The lowest BCUT2D eigenvalue weighted by molar-refractivity contribution is 0.272. The number of anilines is 1. The van der Waals surface area contributed by atoms with E-state index < -0.39 is 0 Å². The van der Waals surface area contributed by atoms with Crippen LogP contribution >= 0.6 is 0 Å². The van der Waals surface area contributed by atoms with Crippen molar-refractivity contribution in [1.29, 1.82) is 0 Å². The predicted molar refractivity (Wildman–Crippen MR) is 101 cm³/mol. The van der Waals surface area contributed by atoms with E-state index >= 15 is 0 Å². The van der Waals surface area contributed by atoms with Crippen molar-refractivity contribution in [3.05, 3.63) is 51.8 Å². The Morgan fingerprint density at radius 1 is 1.16 bits per heavy atom. The first-order valence-corrected chi connectivity index (χ1v) is 8.48. The van der Waals surface area contributed by atoms with E-state index in [-0.39, 0.29) is 5.56 Å². The van der Waals surface area contributed by atoms with Crippen LogP contribution in [0.1, 0.15) is 37.8 Å². The van der Waals surface area contributed by atoms with Crippen molar-refractivity contribution >= 4 is 12.0 Å². The van der Waals surface area contributed by atoms with Crippen LogP contribution in [0.4, 0.5) is 5.82 Å². The molecule has 0 radical (unpaired) electrons. The van der Waals surface area contributed by atoms with Crippen LogP contribution < -0.4 is 20.8 Å². The second kappa shape index (κ2) is 8.92. The van der Waals surface area contributed by atoms with Gasteiger partial charge >= 0.3 is 0 Å². The standard InChI is InChI=1S/C19H25N3O3/c1-4-6-9-25-16-8-7-15(12-17(16)24-5-2)13-21-22-18(20)10-14(3)11-19(22)23/h7-8,10-13H,4-6,9,20H2,1-3H3. The van der Waals surface area contributed by atoms with Crippen LogP contribution in [0.15, 0.2) is 40.2 Å². The number of pyridine rings is 1. The fraction of sp³-hybridized carbons (Fsp3) is 0.368. The molecule has 2 N–H and O–H groups in total. The number of nitrogens with zero attached hydrogens (tertiary/aromatic N) is 2. The Balaban J connectivity index is 2.25. The Bertz CT molecular complexity index is 797. The average Bonchev–Trinajstić information content (AvgIpc) is 2.56. The Labute approximate surface area is 147 Å². The van der Waals surface area contributed by atoms with Crippen LogP contribution in [0.2, 0.25) is 0 Å². The fourth-order valence-electron chi connectivity index (χ4n) is 2.29. The molecule has 2 rings (SSSR count). The first kappa shape index (κ1) is 18.6. The van der Waals surface area contributed by atoms with E-state index in [2.05, 4.69) is 12.0 Å². The number of hydrogen-bond acceptors (Lipinski definition) is 5. The van der Waals surface area contributed by atoms with Crippen molar-refractivity contribution in [1.82, 2.24) is 4.68 Å². The van der Waals surface area contributed by atoms with Gasteiger partial charge in [0.2, 0.25) is 0 Å². The summed E-state index contributed by atoms with van der Waals surface area (Å²) in [7, 11) is 0. The molecule has 2 aromatic rings. The first-order valence-electron chi connectivity index (χ1n) is 8.48. The molecular weight excluding hydrogens is 318 g/mol. The molecule has 0 bridgehead atoms. The molecule has 0 aliphatic carbocycles. The van der Waals surface area contributed by atoms with E-state index in [9.17, 15) is 4.79 Å². The van der Waals surface area contributed by atoms with Crippen molar-refractivity contribution < 1.29 is 9.47 Å². The van der Waals surface area contributed by atoms with E-state index in [1.807, 2.05) is 32.0 Å². The lowest BCUT2D eigenvalue weighted by Gasteiger charge is -2.12. The minimum Gasteiger partial charge on any atom is -0.490 e. The van der Waals surface area contributed by atoms with Crippen LogP contribution in [0.25, 0.3) is 0 Å². The predicted octanol–water partition coefficient (Wildman–Crippen LogP) is 3.20. The molecule has 0 saturated heterocycles. The molecule has 0 fully saturated rings. The number of ether oxygens (including phenoxy) is 2. The number of nitrogens with two attached hydrogens (primary N) is 1. The molecule has 0 spiro atoms. The molecule has 0 unspecified atom stereocenters. The summed E-state index contributed by atoms with van der Waals surface area (Å²) in [5, 5.41) is 4.18. The van der Waals surface area contributed by atoms with E-state index in [4.69, 9.17) is 15.2 Å². The van der Waals surface area contributed by atoms with Crippen LogP contribution in [-0.2, 0) is 0 Å². The summed E-state index contributed by atoms with van der Waals surface area (Å²) in [4.78, 5) is 12.0. The second-order valence-electron chi connectivity index (χ2n) is 5.69. The van der Waals surface area contributed by atoms with Gasteiger partial charge in [0.1, 0.15) is 5.82 Å². The highest BCUT2D eigenvalue weighted by molar-refractivity contribution is 5.81. The zero-order chi connectivity index (χ0) is 18.2. The minimum absolute atomic E-state index is 0.265. The molecule has 0 aliphatic heterocycles. The SMILES string of the molecule is CCCCOc1ccc(C=Nn2c(N)cc(C)cc2=O)cc1OCC. The molecule has 0 atom stereocenters. The molecule has 6 nitrogen and oxygen atoms in total. The molecule has 0 amide bonds. The second-order valence-corrected chi connectivity index (χ2v) is 5.69. The zero-order valence-corrected chi connectivity index (χ0v) is 15.0. The van der Waals surface area contributed by atoms with E-state index in [0.717, 1.165) is 24.0 Å². The summed E-state index contributed by atoms with van der Waals surface area (Å²) in [6, 6.07) is 8.74. The van der Waals surface area contributed by atoms with Crippen molar-refractivity contribution in [2.75, 3.05) is 18.9 Å². The van der Waals surface area contributed by atoms with Gasteiger partial charge in [0.05, 0.1) is 19.4 Å². The van der Waals surface area contributed by atoms with Crippen LogP contribution in [-0.4, -0.2) is 24.1 Å². The third-order valence-electron chi connectivity index (χ3n) is 3.53. The summed E-state index contributed by atoms with van der Waals surface area (Å²) >= 11 is 0. The maximum absolute atomic E-state index is 12.0. The molecular formula is C19H25N3O3. The first-order chi connectivity index (χ1) is 12.0. The van der Waals surface area contributed by atoms with Crippen molar-refractivity contribution in [2.45, 2.75) is 33.6 Å². The summed E-state index contributed by atoms with van der Waals surface area (Å²) in [5.74, 6) is 1.66. The van der Waals surface area contributed by atoms with E-state index in [1.54, 1.807) is 12.3 Å². The molecule has 6 heteroatoms. The summed E-state index contributed by atoms with van der Waals surface area (Å²) < 4.78 is 12.6. The maximum atomic E-state index is 12.0. The quantitative estimate of drug-likeness (QED) is 0.590. The van der Waals surface area contributed by atoms with Crippen LogP contribution in [0.5, 0.6) is 11.5 Å². The number of rotatable bonds is 8. The molecule has 25 heavy (non-hydrogen) atoms. The molecule has 1 aromatic carbocycles. The van der Waals surface area contributed by atoms with Gasteiger partial charge in [-0.2, -0.15) is 9.78 Å². The Morgan fingerprint density at radius 3 is 2.64 bits per heavy atom. The molecule has 0 saturated carbocycles. The Morgan fingerprint density at radius 2 is 1.96 bits per heavy atom. The number of benzene rings is 1. The smallest absolute Gasteiger partial charge is 0.273 e. The van der Waals surface area contributed by atoms with Gasteiger partial charge in [-0.25, -0.2) is 0 Å². The highest BCUT2D eigenvalue weighted by Crippen LogP contribution is 2.28. The monoisotopic (exact) mass is 343 g/mol. The summed E-state index contributed by atoms with van der Waals surface area (Å²) in [6.07, 6.45) is 3.64. The highest BCUT2D eigenvalue weighted by Gasteiger charge is 2.06. The fourth-order valence-corrected chi connectivity index (χ4v) is 2.29. The van der Waals surface area contributed by atoms with E-state index in [0.29, 0.717) is 30.5 Å². The Hall–Kier alpha value is -2.76. The lowest BCUT2D eigenvalue weighted by atomic mass is 10.2. The van der Waals surface area contributed by atoms with Crippen molar-refractivity contribution in [3.63, 3.8) is 0 Å². The van der Waals surface area contributed by atoms with Gasteiger partial charge in [-0.1, -0.05) is 13.3 Å². The zero-order valence-electron chi connectivity index (χ0n) is 15.0. The third-order valence-corrected chi connectivity index (χ3v) is 3.53. The topological polar surface area (TPSA) is 78.8 Å². The number of nitrogen functional groups attached to an aromatic ring is 1. The van der Waals surface area contributed by atoms with Gasteiger partial charge in [0, 0.05) is 6.07 Å². The molecule has 134 valence electrons. The van der Waals surface area contributed by atoms with Crippen molar-refractivity contribution in [3.8, 4) is 11.5 Å². The van der Waals surface area contributed by atoms with E-state index in [1.165, 1.54) is 10.7 Å². The number of aromatic nitrogens is 1. The van der Waals surface area contributed by atoms with Gasteiger partial charge in [-0.15, -0.1) is 0 Å². The molecule has 1 aromatic heterocycles. The highest BCUT2D eigenvalue weighted by atomic mass is 16.5. The maximum Gasteiger partial charge on any atom is 0.273 e. The van der Waals surface area contributed by atoms with Crippen molar-refractivity contribution in [2.24, 2.45) is 5.10 Å². The number of aryl methyl sites for hydroxylation is 1.